The van der Waals surface area contributed by atoms with Crippen LogP contribution in [0.15, 0.2) is 41.3 Å². The Bertz CT molecular complexity index is 910. The monoisotopic (exact) mass is 360 g/mol. The van der Waals surface area contributed by atoms with Gasteiger partial charge < -0.3 is 9.42 Å². The van der Waals surface area contributed by atoms with Crippen molar-refractivity contribution in [2.45, 2.75) is 25.4 Å². The van der Waals surface area contributed by atoms with E-state index in [0.29, 0.717) is 29.4 Å². The molecule has 134 valence electrons. The van der Waals surface area contributed by atoms with Gasteiger partial charge in [0, 0.05) is 30.7 Å². The molecule has 4 rings (SSSR count). The first kappa shape index (κ1) is 16.3. The molecule has 0 bridgehead atoms. The predicted molar refractivity (Wildman–Crippen MR) is 84.0 cm³/mol. The number of nitrogens with zero attached hydrogens (tertiary/aromatic N) is 6. The van der Waals surface area contributed by atoms with Crippen molar-refractivity contribution in [1.82, 2.24) is 29.8 Å². The highest BCUT2D eigenvalue weighted by atomic mass is 19.3. The second-order valence-electron chi connectivity index (χ2n) is 5.81. The summed E-state index contributed by atoms with van der Waals surface area (Å²) in [5, 5.41) is 7.59. The number of pyridine rings is 1. The molecule has 1 amide bonds. The van der Waals surface area contributed by atoms with Gasteiger partial charge in [0.1, 0.15) is 6.04 Å². The summed E-state index contributed by atoms with van der Waals surface area (Å²) in [4.78, 5) is 22.5. The minimum absolute atomic E-state index is 0.0360. The van der Waals surface area contributed by atoms with E-state index in [0.717, 1.165) is 18.2 Å². The van der Waals surface area contributed by atoms with Gasteiger partial charge >= 0.3 is 6.55 Å². The summed E-state index contributed by atoms with van der Waals surface area (Å²) in [6.07, 6.45) is 5.72. The van der Waals surface area contributed by atoms with E-state index in [9.17, 15) is 13.6 Å². The predicted octanol–water partition coefficient (Wildman–Crippen LogP) is 2.70. The van der Waals surface area contributed by atoms with Crippen molar-refractivity contribution in [1.29, 1.82) is 0 Å². The van der Waals surface area contributed by atoms with Gasteiger partial charge in [0.05, 0.1) is 0 Å². The molecule has 3 aromatic rings. The smallest absolute Gasteiger partial charge is 0.333 e. The van der Waals surface area contributed by atoms with Gasteiger partial charge in [-0.05, 0) is 31.0 Å². The van der Waals surface area contributed by atoms with Gasteiger partial charge in [0.2, 0.25) is 11.7 Å². The Morgan fingerprint density at radius 3 is 2.81 bits per heavy atom. The van der Waals surface area contributed by atoms with E-state index in [4.69, 9.17) is 4.52 Å². The molecular formula is C16H14F2N6O2. The first-order valence-corrected chi connectivity index (χ1v) is 8.02. The zero-order valence-corrected chi connectivity index (χ0v) is 13.5. The van der Waals surface area contributed by atoms with Gasteiger partial charge in [0.15, 0.2) is 5.69 Å². The lowest BCUT2D eigenvalue weighted by Crippen LogP contribution is -2.31. The standard InChI is InChI=1S/C16H14F2N6O2/c17-16(18)24-9-5-11(21-24)15(25)23-8-1-2-12(23)14-20-13(22-26-14)10-3-6-19-7-4-10/h3-7,9,12,16H,1-2,8H2/t12-/m0/s1. The van der Waals surface area contributed by atoms with Gasteiger partial charge in [-0.2, -0.15) is 18.9 Å². The topological polar surface area (TPSA) is 89.9 Å². The van der Waals surface area contributed by atoms with Gasteiger partial charge in [-0.25, -0.2) is 4.68 Å². The van der Waals surface area contributed by atoms with Crippen molar-refractivity contribution in [2.24, 2.45) is 0 Å². The summed E-state index contributed by atoms with van der Waals surface area (Å²) in [5.74, 6) is 0.287. The lowest BCUT2D eigenvalue weighted by atomic mass is 10.2. The van der Waals surface area contributed by atoms with Crippen molar-refractivity contribution >= 4 is 5.91 Å². The molecule has 3 aromatic heterocycles. The Balaban J connectivity index is 1.57. The largest absolute Gasteiger partial charge is 0.337 e. The van der Waals surface area contributed by atoms with Crippen LogP contribution in [0.5, 0.6) is 0 Å². The summed E-state index contributed by atoms with van der Waals surface area (Å²) in [7, 11) is 0. The Kier molecular flexibility index (Phi) is 4.15. The van der Waals surface area contributed by atoms with Crippen molar-refractivity contribution in [3.8, 4) is 11.4 Å². The summed E-state index contributed by atoms with van der Waals surface area (Å²) < 4.78 is 31.1. The van der Waals surface area contributed by atoms with E-state index in [1.54, 1.807) is 24.5 Å². The number of amides is 1. The van der Waals surface area contributed by atoms with Crippen LogP contribution in [-0.2, 0) is 0 Å². The molecule has 1 aliphatic heterocycles. The fourth-order valence-electron chi connectivity index (χ4n) is 2.96. The van der Waals surface area contributed by atoms with Crippen LogP contribution in [0.1, 0.15) is 41.8 Å². The molecule has 0 aliphatic carbocycles. The molecule has 1 aliphatic rings. The average Bonchev–Trinajstić information content (AvgIpc) is 3.41. The van der Waals surface area contributed by atoms with Crippen molar-refractivity contribution < 1.29 is 18.1 Å². The molecule has 26 heavy (non-hydrogen) atoms. The highest BCUT2D eigenvalue weighted by Gasteiger charge is 2.35. The highest BCUT2D eigenvalue weighted by molar-refractivity contribution is 5.92. The number of likely N-dealkylation sites (tertiary alicyclic amines) is 1. The second-order valence-corrected chi connectivity index (χ2v) is 5.81. The maximum absolute atomic E-state index is 12.7. The molecule has 8 nitrogen and oxygen atoms in total. The van der Waals surface area contributed by atoms with Gasteiger partial charge in [0.25, 0.3) is 5.91 Å². The molecule has 0 unspecified atom stereocenters. The molecular weight excluding hydrogens is 346 g/mol. The minimum atomic E-state index is -2.79. The number of halogens is 2. The van der Waals surface area contributed by atoms with Gasteiger partial charge in [-0.15, -0.1) is 0 Å². The summed E-state index contributed by atoms with van der Waals surface area (Å²) in [5.41, 5.74) is 0.715. The van der Waals surface area contributed by atoms with Crippen LogP contribution in [0.2, 0.25) is 0 Å². The number of carbonyl (C=O) groups is 1. The third-order valence-corrected chi connectivity index (χ3v) is 4.21. The number of rotatable bonds is 4. The Morgan fingerprint density at radius 1 is 1.27 bits per heavy atom. The third-order valence-electron chi connectivity index (χ3n) is 4.21. The molecule has 0 radical (unpaired) electrons. The fourth-order valence-corrected chi connectivity index (χ4v) is 2.96. The van der Waals surface area contributed by atoms with E-state index < -0.39 is 18.5 Å². The zero-order chi connectivity index (χ0) is 18.1. The summed E-state index contributed by atoms with van der Waals surface area (Å²) >= 11 is 0. The Hall–Kier alpha value is -3.17. The molecule has 1 saturated heterocycles. The SMILES string of the molecule is O=C(c1ccn(C(F)F)n1)N1CCC[C@H]1c1nc(-c2ccncc2)no1. The average molecular weight is 360 g/mol. The summed E-state index contributed by atoms with van der Waals surface area (Å²) in [6, 6.07) is 4.38. The van der Waals surface area contributed by atoms with Crippen LogP contribution in [0.4, 0.5) is 8.78 Å². The molecule has 4 heterocycles. The van der Waals surface area contributed by atoms with Crippen LogP contribution in [0, 0.1) is 0 Å². The number of hydrogen-bond donors (Lipinski definition) is 0. The molecule has 10 heteroatoms. The van der Waals surface area contributed by atoms with Crippen LogP contribution in [-0.4, -0.2) is 42.3 Å². The van der Waals surface area contributed by atoms with E-state index in [2.05, 4.69) is 20.2 Å². The molecule has 0 spiro atoms. The van der Waals surface area contributed by atoms with E-state index >= 15 is 0 Å². The lowest BCUT2D eigenvalue weighted by molar-refractivity contribution is 0.0547. The van der Waals surface area contributed by atoms with Crippen LogP contribution in [0.25, 0.3) is 11.4 Å². The first-order valence-electron chi connectivity index (χ1n) is 8.02. The Labute approximate surface area is 146 Å². The molecule has 0 N–H and O–H groups in total. The Morgan fingerprint density at radius 2 is 2.08 bits per heavy atom. The maximum atomic E-state index is 12.7. The van der Waals surface area contributed by atoms with Crippen molar-refractivity contribution in [3.05, 3.63) is 48.4 Å². The minimum Gasteiger partial charge on any atom is -0.337 e. The maximum Gasteiger partial charge on any atom is 0.333 e. The van der Waals surface area contributed by atoms with Crippen molar-refractivity contribution in [2.75, 3.05) is 6.54 Å². The number of hydrogen-bond acceptors (Lipinski definition) is 6. The lowest BCUT2D eigenvalue weighted by Gasteiger charge is -2.20. The highest BCUT2D eigenvalue weighted by Crippen LogP contribution is 2.33. The van der Waals surface area contributed by atoms with Gasteiger partial charge in [-0.1, -0.05) is 5.16 Å². The van der Waals surface area contributed by atoms with Crippen LogP contribution < -0.4 is 0 Å². The van der Waals surface area contributed by atoms with E-state index in [1.807, 2.05) is 0 Å². The zero-order valence-electron chi connectivity index (χ0n) is 13.5. The third kappa shape index (κ3) is 2.93. The first-order chi connectivity index (χ1) is 12.6. The molecule has 1 atom stereocenters. The van der Waals surface area contributed by atoms with Gasteiger partial charge in [-0.3, -0.25) is 9.78 Å². The number of aromatic nitrogens is 5. The molecule has 0 saturated carbocycles. The molecule has 0 aromatic carbocycles. The van der Waals surface area contributed by atoms with Crippen LogP contribution in [0.3, 0.4) is 0 Å². The second kappa shape index (κ2) is 6.62. The molecule has 1 fully saturated rings. The van der Waals surface area contributed by atoms with E-state index in [1.165, 1.54) is 11.0 Å². The number of carbonyl (C=O) groups excluding carboxylic acids is 1. The fraction of sp³-hybridized carbons (Fsp3) is 0.312. The number of alkyl halides is 2. The quantitative estimate of drug-likeness (QED) is 0.711. The normalized spacial score (nSPS) is 17.2. The van der Waals surface area contributed by atoms with E-state index in [-0.39, 0.29) is 5.69 Å². The van der Waals surface area contributed by atoms with Crippen LogP contribution >= 0.6 is 0 Å². The summed E-state index contributed by atoms with van der Waals surface area (Å²) in [6.45, 7) is -2.32. The van der Waals surface area contributed by atoms with Crippen molar-refractivity contribution in [3.63, 3.8) is 0 Å².